The summed E-state index contributed by atoms with van der Waals surface area (Å²) in [4.78, 5) is 13.9. The van der Waals surface area contributed by atoms with Crippen LogP contribution >= 0.6 is 11.8 Å². The highest BCUT2D eigenvalue weighted by atomic mass is 32.2. The molecule has 0 aliphatic carbocycles. The number of carbonyl (C=O) groups is 1. The second-order valence-corrected chi connectivity index (χ2v) is 8.68. The summed E-state index contributed by atoms with van der Waals surface area (Å²) >= 11 is 1.82. The Morgan fingerprint density at radius 3 is 2.80 bits per heavy atom. The van der Waals surface area contributed by atoms with Crippen LogP contribution in [-0.2, 0) is 14.6 Å². The van der Waals surface area contributed by atoms with Gasteiger partial charge in [-0.1, -0.05) is 0 Å². The highest BCUT2D eigenvalue weighted by Crippen LogP contribution is 2.20. The molecule has 2 aliphatic heterocycles. The lowest BCUT2D eigenvalue weighted by Gasteiger charge is -2.30. The van der Waals surface area contributed by atoms with Crippen molar-refractivity contribution in [2.24, 2.45) is 0 Å². The number of hydrogen-bond donors (Lipinski definition) is 2. The van der Waals surface area contributed by atoms with Crippen LogP contribution in [0.1, 0.15) is 12.8 Å². The van der Waals surface area contributed by atoms with Crippen LogP contribution in [0, 0.1) is 0 Å². The predicted octanol–water partition coefficient (Wildman–Crippen LogP) is -0.910. The molecule has 2 heterocycles. The van der Waals surface area contributed by atoms with Crippen LogP contribution < -0.4 is 5.32 Å². The van der Waals surface area contributed by atoms with Gasteiger partial charge in [-0.05, 0) is 6.42 Å². The first-order valence-corrected chi connectivity index (χ1v) is 9.91. The largest absolute Gasteiger partial charge is 0.395 e. The maximum Gasteiger partial charge on any atom is 0.224 e. The van der Waals surface area contributed by atoms with Gasteiger partial charge in [0.2, 0.25) is 5.91 Å². The highest BCUT2D eigenvalue weighted by molar-refractivity contribution is 7.99. The van der Waals surface area contributed by atoms with Gasteiger partial charge in [0.05, 0.1) is 18.1 Å². The lowest BCUT2D eigenvalue weighted by Crippen LogP contribution is -2.47. The van der Waals surface area contributed by atoms with Crippen molar-refractivity contribution in [3.05, 3.63) is 0 Å². The molecule has 0 saturated carbocycles. The van der Waals surface area contributed by atoms with E-state index in [2.05, 4.69) is 5.32 Å². The molecule has 116 valence electrons. The van der Waals surface area contributed by atoms with Crippen LogP contribution in [-0.4, -0.2) is 79.1 Å². The van der Waals surface area contributed by atoms with Gasteiger partial charge in [-0.15, -0.1) is 0 Å². The molecule has 2 unspecified atom stereocenters. The van der Waals surface area contributed by atoms with Crippen molar-refractivity contribution in [1.82, 2.24) is 10.2 Å². The Balaban J connectivity index is 1.95. The van der Waals surface area contributed by atoms with Crippen molar-refractivity contribution in [3.63, 3.8) is 0 Å². The summed E-state index contributed by atoms with van der Waals surface area (Å²) in [6.07, 6.45) is 0.866. The van der Waals surface area contributed by atoms with Gasteiger partial charge < -0.3 is 15.3 Å². The Bertz CT molecular complexity index is 435. The second kappa shape index (κ2) is 7.11. The average Bonchev–Trinajstić information content (AvgIpc) is 2.77. The van der Waals surface area contributed by atoms with Gasteiger partial charge in [0.15, 0.2) is 9.84 Å². The fourth-order valence-electron chi connectivity index (χ4n) is 2.72. The molecule has 0 radical (unpaired) electrons. The van der Waals surface area contributed by atoms with Crippen LogP contribution in [0.3, 0.4) is 0 Å². The van der Waals surface area contributed by atoms with Crippen LogP contribution in [0.4, 0.5) is 0 Å². The minimum Gasteiger partial charge on any atom is -0.395 e. The van der Waals surface area contributed by atoms with Gasteiger partial charge in [-0.3, -0.25) is 4.79 Å². The molecule has 2 aliphatic rings. The molecule has 2 atom stereocenters. The standard InChI is InChI=1S/C12H22N2O4S2/c15-4-3-14(11-1-6-20(17,18)9-11)12(16)7-10-8-19-5-2-13-10/h10-11,13,15H,1-9H2. The number of nitrogens with one attached hydrogen (secondary N) is 1. The normalized spacial score (nSPS) is 29.2. The Hall–Kier alpha value is -0.310. The summed E-state index contributed by atoms with van der Waals surface area (Å²) in [5.74, 6) is 2.09. The summed E-state index contributed by atoms with van der Waals surface area (Å²) < 4.78 is 23.1. The highest BCUT2D eigenvalue weighted by Gasteiger charge is 2.35. The number of sulfone groups is 1. The van der Waals surface area contributed by atoms with E-state index in [0.717, 1.165) is 18.1 Å². The number of nitrogens with zero attached hydrogens (tertiary/aromatic N) is 1. The van der Waals surface area contributed by atoms with Crippen molar-refractivity contribution < 1.29 is 18.3 Å². The molecule has 20 heavy (non-hydrogen) atoms. The van der Waals surface area contributed by atoms with E-state index in [1.807, 2.05) is 11.8 Å². The second-order valence-electron chi connectivity index (χ2n) is 5.30. The van der Waals surface area contributed by atoms with E-state index in [9.17, 15) is 13.2 Å². The Labute approximate surface area is 124 Å². The lowest BCUT2D eigenvalue weighted by molar-refractivity contribution is -0.134. The molecular weight excluding hydrogens is 300 g/mol. The zero-order valence-electron chi connectivity index (χ0n) is 11.5. The quantitative estimate of drug-likeness (QED) is 0.681. The maximum absolute atomic E-state index is 12.4. The van der Waals surface area contributed by atoms with E-state index in [-0.39, 0.29) is 42.6 Å². The molecule has 8 heteroatoms. The van der Waals surface area contributed by atoms with E-state index < -0.39 is 9.84 Å². The van der Waals surface area contributed by atoms with Gasteiger partial charge in [0.1, 0.15) is 0 Å². The zero-order chi connectivity index (χ0) is 14.6. The smallest absolute Gasteiger partial charge is 0.224 e. The molecule has 0 bridgehead atoms. The van der Waals surface area contributed by atoms with Crippen molar-refractivity contribution in [1.29, 1.82) is 0 Å². The molecule has 1 amide bonds. The van der Waals surface area contributed by atoms with E-state index in [4.69, 9.17) is 5.11 Å². The topological polar surface area (TPSA) is 86.7 Å². The maximum atomic E-state index is 12.4. The van der Waals surface area contributed by atoms with Crippen molar-refractivity contribution in [2.75, 3.05) is 42.7 Å². The first-order chi connectivity index (χ1) is 9.52. The lowest BCUT2D eigenvalue weighted by atomic mass is 10.1. The third-order valence-electron chi connectivity index (χ3n) is 3.73. The van der Waals surface area contributed by atoms with E-state index in [1.165, 1.54) is 0 Å². The van der Waals surface area contributed by atoms with Gasteiger partial charge in [0.25, 0.3) is 0 Å². The molecule has 2 N–H and O–H groups in total. The minimum atomic E-state index is -3.02. The summed E-state index contributed by atoms with van der Waals surface area (Å²) in [7, 11) is -3.02. The summed E-state index contributed by atoms with van der Waals surface area (Å²) in [6.45, 7) is 0.994. The summed E-state index contributed by atoms with van der Waals surface area (Å²) in [5.41, 5.74) is 0. The molecule has 0 spiro atoms. The third-order valence-corrected chi connectivity index (χ3v) is 6.61. The SMILES string of the molecule is O=C(CC1CSCCN1)N(CCO)C1CCS(=O)(=O)C1. The van der Waals surface area contributed by atoms with Gasteiger partial charge >= 0.3 is 0 Å². The molecule has 6 nitrogen and oxygen atoms in total. The van der Waals surface area contributed by atoms with E-state index >= 15 is 0 Å². The fraction of sp³-hybridized carbons (Fsp3) is 0.917. The van der Waals surface area contributed by atoms with E-state index in [1.54, 1.807) is 4.90 Å². The number of aliphatic hydroxyl groups is 1. The van der Waals surface area contributed by atoms with Gasteiger partial charge in [-0.25, -0.2) is 8.42 Å². The minimum absolute atomic E-state index is 0.0333. The molecular formula is C12H22N2O4S2. The summed E-state index contributed by atoms with van der Waals surface area (Å²) in [6, 6.07) is -0.114. The first-order valence-electron chi connectivity index (χ1n) is 6.94. The van der Waals surface area contributed by atoms with Crippen molar-refractivity contribution in [3.8, 4) is 0 Å². The molecule has 2 saturated heterocycles. The van der Waals surface area contributed by atoms with Crippen LogP contribution in [0.5, 0.6) is 0 Å². The molecule has 0 aromatic carbocycles. The van der Waals surface area contributed by atoms with Crippen LogP contribution in [0.15, 0.2) is 0 Å². The van der Waals surface area contributed by atoms with Gasteiger partial charge in [0, 0.05) is 43.1 Å². The zero-order valence-corrected chi connectivity index (χ0v) is 13.1. The number of hydrogen-bond acceptors (Lipinski definition) is 6. The Morgan fingerprint density at radius 2 is 2.25 bits per heavy atom. The molecule has 2 fully saturated rings. The summed E-state index contributed by atoms with van der Waals surface area (Å²) in [5, 5.41) is 12.4. The average molecular weight is 322 g/mol. The van der Waals surface area contributed by atoms with Crippen LogP contribution in [0.2, 0.25) is 0 Å². The van der Waals surface area contributed by atoms with Crippen molar-refractivity contribution in [2.45, 2.75) is 24.9 Å². The third kappa shape index (κ3) is 4.34. The number of carbonyl (C=O) groups excluding carboxylic acids is 1. The van der Waals surface area contributed by atoms with Crippen LogP contribution in [0.25, 0.3) is 0 Å². The number of thioether (sulfide) groups is 1. The number of rotatable bonds is 5. The van der Waals surface area contributed by atoms with E-state index in [0.29, 0.717) is 12.8 Å². The molecule has 0 aromatic heterocycles. The van der Waals surface area contributed by atoms with Gasteiger partial charge in [-0.2, -0.15) is 11.8 Å². The Kier molecular flexibility index (Phi) is 5.71. The fourth-order valence-corrected chi connectivity index (χ4v) is 5.40. The first kappa shape index (κ1) is 16.1. The number of amides is 1. The number of aliphatic hydroxyl groups excluding tert-OH is 1. The Morgan fingerprint density at radius 1 is 1.45 bits per heavy atom. The van der Waals surface area contributed by atoms with Crippen molar-refractivity contribution >= 4 is 27.5 Å². The molecule has 0 aromatic rings. The predicted molar refractivity (Wildman–Crippen MR) is 79.6 cm³/mol. The monoisotopic (exact) mass is 322 g/mol. The molecule has 2 rings (SSSR count).